The molecule has 1 amide bonds. The Balaban J connectivity index is 1.69. The molecule has 3 heterocycles. The van der Waals surface area contributed by atoms with Gasteiger partial charge >= 0.3 is 5.97 Å². The molecular weight excluding hydrogens is 418 g/mol. The van der Waals surface area contributed by atoms with E-state index in [0.717, 1.165) is 5.69 Å². The number of hydrogen-bond donors (Lipinski definition) is 3. The smallest absolute Gasteiger partial charge is 0.347 e. The number of carboxylic acids is 1. The number of thiazole rings is 1. The van der Waals surface area contributed by atoms with Crippen molar-refractivity contribution < 1.29 is 19.4 Å². The van der Waals surface area contributed by atoms with Gasteiger partial charge in [0.2, 0.25) is 0 Å². The molecule has 0 bridgehead atoms. The van der Waals surface area contributed by atoms with Crippen LogP contribution in [-0.2, 0) is 17.6 Å². The van der Waals surface area contributed by atoms with Crippen LogP contribution in [0.1, 0.15) is 51.9 Å². The van der Waals surface area contributed by atoms with Crippen LogP contribution in [0.4, 0.5) is 5.13 Å². The number of aromatic nitrogens is 3. The molecule has 1 saturated heterocycles. The van der Waals surface area contributed by atoms with Crippen molar-refractivity contribution in [2.24, 2.45) is 0 Å². The van der Waals surface area contributed by atoms with E-state index in [4.69, 9.17) is 16.3 Å². The van der Waals surface area contributed by atoms with E-state index in [1.807, 2.05) is 18.7 Å². The fraction of sp³-hybridized carbons (Fsp3) is 0.556. The third-order valence-electron chi connectivity index (χ3n) is 4.96. The highest BCUT2D eigenvalue weighted by Gasteiger charge is 2.33. The van der Waals surface area contributed by atoms with Crippen LogP contribution in [0, 0.1) is 0 Å². The summed E-state index contributed by atoms with van der Waals surface area (Å²) in [7, 11) is 1.59. The summed E-state index contributed by atoms with van der Waals surface area (Å²) in [6.07, 6.45) is 1.57. The average molecular weight is 442 g/mol. The number of methoxy groups -OCH3 is 1. The van der Waals surface area contributed by atoms with Crippen LogP contribution in [-0.4, -0.2) is 64.3 Å². The molecule has 11 heteroatoms. The Morgan fingerprint density at radius 2 is 2.14 bits per heavy atom. The van der Waals surface area contributed by atoms with Crippen molar-refractivity contribution in [1.82, 2.24) is 20.3 Å². The number of amides is 1. The summed E-state index contributed by atoms with van der Waals surface area (Å²) in [5.41, 5.74) is 1.31. The van der Waals surface area contributed by atoms with Crippen molar-refractivity contribution >= 4 is 39.9 Å². The third-order valence-corrected chi connectivity index (χ3v) is 6.42. The molecule has 158 valence electrons. The number of halogens is 1. The van der Waals surface area contributed by atoms with Gasteiger partial charge in [0.05, 0.1) is 23.5 Å². The van der Waals surface area contributed by atoms with Crippen LogP contribution in [0.25, 0.3) is 0 Å². The molecule has 0 saturated carbocycles. The minimum absolute atomic E-state index is 0.183. The van der Waals surface area contributed by atoms with Gasteiger partial charge in [-0.05, 0) is 19.3 Å². The second kappa shape index (κ2) is 9.10. The molecule has 0 spiro atoms. The Labute approximate surface area is 177 Å². The maximum atomic E-state index is 12.6. The van der Waals surface area contributed by atoms with Crippen LogP contribution in [0.2, 0.25) is 5.15 Å². The van der Waals surface area contributed by atoms with Crippen molar-refractivity contribution in [3.63, 3.8) is 0 Å². The number of aryl methyl sites for hydroxylation is 2. The summed E-state index contributed by atoms with van der Waals surface area (Å²) in [6, 6.07) is -0.206. The van der Waals surface area contributed by atoms with Crippen molar-refractivity contribution in [3.05, 3.63) is 27.2 Å². The highest BCUT2D eigenvalue weighted by atomic mass is 35.5. The summed E-state index contributed by atoms with van der Waals surface area (Å²) < 4.78 is 5.60. The van der Waals surface area contributed by atoms with Crippen molar-refractivity contribution in [1.29, 1.82) is 0 Å². The topological polar surface area (TPSA) is 120 Å². The molecule has 3 N–H and O–H groups in total. The first-order valence-electron chi connectivity index (χ1n) is 9.43. The first-order chi connectivity index (χ1) is 13.9. The predicted molar refractivity (Wildman–Crippen MR) is 110 cm³/mol. The lowest BCUT2D eigenvalue weighted by Gasteiger charge is -2.37. The monoisotopic (exact) mass is 441 g/mol. The fourth-order valence-electron chi connectivity index (χ4n) is 3.34. The summed E-state index contributed by atoms with van der Waals surface area (Å²) in [6.45, 7) is 4.93. The second-order valence-electron chi connectivity index (χ2n) is 6.73. The van der Waals surface area contributed by atoms with Gasteiger partial charge in [-0.15, -0.1) is 0 Å². The standard InChI is InChI=1S/C18H24ClN5O4S/c1-4-9-13(17(26)27)29-18(22-9)24-7-6-11(12(8-24)28-3)21-16(25)15-20-10(5-2)14(19)23-15/h11-12H,4-8H2,1-3H3,(H,20,23)(H,21,25)(H,26,27)/t11-,12+/m0/s1. The van der Waals surface area contributed by atoms with E-state index in [2.05, 4.69) is 20.3 Å². The van der Waals surface area contributed by atoms with Gasteiger partial charge in [0.15, 0.2) is 16.1 Å². The predicted octanol–water partition coefficient (Wildman–Crippen LogP) is 2.37. The average Bonchev–Trinajstić information content (AvgIpc) is 3.31. The number of rotatable bonds is 7. The molecule has 1 aliphatic rings. The lowest BCUT2D eigenvalue weighted by atomic mass is 10.0. The van der Waals surface area contributed by atoms with E-state index in [0.29, 0.717) is 48.3 Å². The van der Waals surface area contributed by atoms with Gasteiger partial charge in [-0.2, -0.15) is 0 Å². The zero-order chi connectivity index (χ0) is 21.1. The van der Waals surface area contributed by atoms with Crippen molar-refractivity contribution in [2.45, 2.75) is 45.3 Å². The van der Waals surface area contributed by atoms with Gasteiger partial charge in [0, 0.05) is 20.2 Å². The molecule has 3 rings (SSSR count). The molecule has 2 atom stereocenters. The van der Waals surface area contributed by atoms with Crippen LogP contribution in [0.15, 0.2) is 0 Å². The lowest BCUT2D eigenvalue weighted by Crippen LogP contribution is -2.55. The van der Waals surface area contributed by atoms with Crippen LogP contribution in [0.5, 0.6) is 0 Å². The molecule has 29 heavy (non-hydrogen) atoms. The Morgan fingerprint density at radius 3 is 2.69 bits per heavy atom. The molecule has 2 aromatic heterocycles. The maximum absolute atomic E-state index is 12.6. The quantitative estimate of drug-likeness (QED) is 0.603. The normalized spacial score (nSPS) is 19.4. The Hall–Kier alpha value is -2.17. The molecule has 0 radical (unpaired) electrons. The van der Waals surface area contributed by atoms with Crippen LogP contribution >= 0.6 is 22.9 Å². The summed E-state index contributed by atoms with van der Waals surface area (Å²) in [5, 5.41) is 13.3. The minimum Gasteiger partial charge on any atom is -0.477 e. The zero-order valence-corrected chi connectivity index (χ0v) is 18.1. The van der Waals surface area contributed by atoms with Crippen molar-refractivity contribution in [2.75, 3.05) is 25.1 Å². The number of carboxylic acid groups (broad SMARTS) is 1. The van der Waals surface area contributed by atoms with Gasteiger partial charge in [0.25, 0.3) is 5.91 Å². The number of hydrogen-bond acceptors (Lipinski definition) is 7. The van der Waals surface area contributed by atoms with E-state index in [1.165, 1.54) is 11.3 Å². The second-order valence-corrected chi connectivity index (χ2v) is 8.06. The number of nitrogens with zero attached hydrogens (tertiary/aromatic N) is 3. The van der Waals surface area contributed by atoms with E-state index in [9.17, 15) is 14.7 Å². The molecule has 0 unspecified atom stereocenters. The number of anilines is 1. The SMILES string of the molecule is CCc1nc(N2CC[C@H](NC(=O)c3nc(Cl)c(CC)[nH]3)[C@H](OC)C2)sc1C(=O)O. The number of piperidine rings is 1. The van der Waals surface area contributed by atoms with E-state index >= 15 is 0 Å². The molecule has 2 aromatic rings. The van der Waals surface area contributed by atoms with Crippen LogP contribution < -0.4 is 10.2 Å². The zero-order valence-electron chi connectivity index (χ0n) is 16.5. The lowest BCUT2D eigenvalue weighted by molar-refractivity contribution is 0.0538. The molecular formula is C18H24ClN5O4S. The molecule has 0 aromatic carbocycles. The number of carbonyl (C=O) groups excluding carboxylic acids is 1. The number of carbonyl (C=O) groups is 2. The van der Waals surface area contributed by atoms with Gasteiger partial charge in [-0.3, -0.25) is 4.79 Å². The number of ether oxygens (including phenoxy) is 1. The number of imidazole rings is 1. The molecule has 0 aliphatic carbocycles. The number of aromatic carboxylic acids is 1. The summed E-state index contributed by atoms with van der Waals surface area (Å²) in [5.74, 6) is -1.11. The Kier molecular flexibility index (Phi) is 6.76. The number of H-pyrrole nitrogens is 1. The highest BCUT2D eigenvalue weighted by Crippen LogP contribution is 2.29. The Morgan fingerprint density at radius 1 is 1.38 bits per heavy atom. The number of nitrogens with one attached hydrogen (secondary N) is 2. The van der Waals surface area contributed by atoms with Crippen molar-refractivity contribution in [3.8, 4) is 0 Å². The van der Waals surface area contributed by atoms with E-state index in [-0.39, 0.29) is 28.8 Å². The highest BCUT2D eigenvalue weighted by molar-refractivity contribution is 7.17. The molecule has 1 fully saturated rings. The van der Waals surface area contributed by atoms with Gasteiger partial charge in [0.1, 0.15) is 4.88 Å². The van der Waals surface area contributed by atoms with E-state index < -0.39 is 5.97 Å². The largest absolute Gasteiger partial charge is 0.477 e. The Bertz CT molecular complexity index is 899. The first kappa shape index (κ1) is 21.5. The third kappa shape index (κ3) is 4.54. The fourth-order valence-corrected chi connectivity index (χ4v) is 4.64. The first-order valence-corrected chi connectivity index (χ1v) is 10.6. The van der Waals surface area contributed by atoms with Gasteiger partial charge in [-0.25, -0.2) is 14.8 Å². The maximum Gasteiger partial charge on any atom is 0.347 e. The summed E-state index contributed by atoms with van der Waals surface area (Å²) >= 11 is 7.20. The van der Waals surface area contributed by atoms with Gasteiger partial charge in [-0.1, -0.05) is 36.8 Å². The number of aromatic amines is 1. The minimum atomic E-state index is -0.959. The van der Waals surface area contributed by atoms with E-state index in [1.54, 1.807) is 7.11 Å². The molecule has 1 aliphatic heterocycles. The van der Waals surface area contributed by atoms with Crippen LogP contribution in [0.3, 0.4) is 0 Å². The molecule has 9 nitrogen and oxygen atoms in total. The van der Waals surface area contributed by atoms with Gasteiger partial charge < -0.3 is 25.0 Å². The summed E-state index contributed by atoms with van der Waals surface area (Å²) in [4.78, 5) is 37.8.